The molecule has 6 heteroatoms. The third-order valence-corrected chi connectivity index (χ3v) is 4.82. The van der Waals surface area contributed by atoms with E-state index in [0.717, 1.165) is 31.3 Å². The third kappa shape index (κ3) is 60.2. The van der Waals surface area contributed by atoms with Gasteiger partial charge in [-0.1, -0.05) is 148 Å². The Bertz CT molecular complexity index is 841. The normalized spacial score (nSPS) is 8.63. The molecule has 1 aromatic rings. The minimum atomic E-state index is 0. The van der Waals surface area contributed by atoms with Crippen LogP contribution in [0.3, 0.4) is 0 Å². The zero-order valence-corrected chi connectivity index (χ0v) is 29.2. The molecule has 5 nitrogen and oxygen atoms in total. The second-order valence-corrected chi connectivity index (χ2v) is 8.88. The number of ether oxygens (including phenoxy) is 2. The van der Waals surface area contributed by atoms with Gasteiger partial charge in [-0.3, -0.25) is 0 Å². The van der Waals surface area contributed by atoms with Gasteiger partial charge in [0.15, 0.2) is 0 Å². The van der Waals surface area contributed by atoms with Crippen LogP contribution in [-0.4, -0.2) is 48.4 Å². The lowest BCUT2D eigenvalue weighted by Crippen LogP contribution is -1.98. The van der Waals surface area contributed by atoms with Gasteiger partial charge in [0.2, 0.25) is 0 Å². The molecule has 0 unspecified atom stereocenters. The number of halogens is 1. The van der Waals surface area contributed by atoms with Crippen molar-refractivity contribution in [3.63, 3.8) is 0 Å². The van der Waals surface area contributed by atoms with E-state index in [4.69, 9.17) is 36.4 Å². The molecule has 1 aromatic carbocycles. The number of unbranched alkanes of at least 4 members (excludes halogenated alkanes) is 2. The highest BCUT2D eigenvalue weighted by atomic mass is 35.5. The molecular weight excluding hydrogens is 596 g/mol. The van der Waals surface area contributed by atoms with E-state index in [9.17, 15) is 0 Å². The summed E-state index contributed by atoms with van der Waals surface area (Å²) < 4.78 is 9.69. The van der Waals surface area contributed by atoms with Gasteiger partial charge in [-0.25, -0.2) is 0 Å². The number of aryl methyl sites for hydroxylation is 1. The van der Waals surface area contributed by atoms with Crippen LogP contribution in [0.4, 0.5) is 0 Å². The van der Waals surface area contributed by atoms with Crippen LogP contribution in [0.25, 0.3) is 6.08 Å². The van der Waals surface area contributed by atoms with Crippen LogP contribution >= 0.6 is 11.6 Å². The molecule has 0 fully saturated rings. The van der Waals surface area contributed by atoms with Gasteiger partial charge in [0.1, 0.15) is 24.7 Å². The smallest absolute Gasteiger partial charge is 0.114 e. The molecule has 3 N–H and O–H groups in total. The van der Waals surface area contributed by atoms with Crippen LogP contribution in [0.2, 0.25) is 0 Å². The fourth-order valence-electron chi connectivity index (χ4n) is 2.09. The van der Waals surface area contributed by atoms with Crippen LogP contribution in [-0.2, 0) is 15.9 Å². The average molecular weight is 667 g/mol. The molecule has 0 aromatic heterocycles. The fourth-order valence-corrected chi connectivity index (χ4v) is 2.22. The number of aliphatic hydroxyl groups is 3. The first-order valence-corrected chi connectivity index (χ1v) is 15.5. The molecule has 0 aliphatic heterocycles. The highest BCUT2D eigenvalue weighted by Gasteiger charge is 1.92. The number of allylic oxidation sites excluding steroid dienone is 5. The lowest BCUT2D eigenvalue weighted by Gasteiger charge is -2.05. The van der Waals surface area contributed by atoms with Gasteiger partial charge in [0, 0.05) is 12.1 Å². The summed E-state index contributed by atoms with van der Waals surface area (Å²) in [7, 11) is 0. The first-order chi connectivity index (χ1) is 21.1. The van der Waals surface area contributed by atoms with Crippen molar-refractivity contribution in [2.45, 2.75) is 88.0 Å². The summed E-state index contributed by atoms with van der Waals surface area (Å²) in [5.74, 6) is 1.04. The minimum Gasteiger partial charge on any atom is -0.492 e. The fraction of sp³-hybridized carbons (Fsp3) is 0.450. The molecule has 1 rings (SSSR count). The first kappa shape index (κ1) is 58.4. The Hall–Kier alpha value is -3.09. The number of hydrogen-bond donors (Lipinski definition) is 3. The quantitative estimate of drug-likeness (QED) is 0.0929. The molecule has 0 aliphatic carbocycles. The highest BCUT2D eigenvalue weighted by molar-refractivity contribution is 6.25. The summed E-state index contributed by atoms with van der Waals surface area (Å²) in [5, 5.41) is 24.7. The Morgan fingerprint density at radius 2 is 1.30 bits per heavy atom. The van der Waals surface area contributed by atoms with Crippen LogP contribution < -0.4 is 0 Å². The van der Waals surface area contributed by atoms with E-state index >= 15 is 0 Å². The van der Waals surface area contributed by atoms with E-state index in [2.05, 4.69) is 84.5 Å². The van der Waals surface area contributed by atoms with Gasteiger partial charge in [-0.15, -0.1) is 6.58 Å². The molecule has 268 valence electrons. The Balaban J connectivity index is -0.0000000800. The van der Waals surface area contributed by atoms with E-state index < -0.39 is 0 Å². The lowest BCUT2D eigenvalue weighted by molar-refractivity contribution is 0.150. The van der Waals surface area contributed by atoms with Gasteiger partial charge < -0.3 is 24.8 Å². The van der Waals surface area contributed by atoms with Crippen molar-refractivity contribution in [1.82, 2.24) is 0 Å². The molecule has 0 radical (unpaired) electrons. The summed E-state index contributed by atoms with van der Waals surface area (Å²) in [4.78, 5) is 0. The van der Waals surface area contributed by atoms with E-state index in [-0.39, 0.29) is 34.7 Å². The van der Waals surface area contributed by atoms with E-state index in [1.807, 2.05) is 37.3 Å². The molecule has 0 saturated heterocycles. The molecular formula is C40H71ClO5. The van der Waals surface area contributed by atoms with Crippen LogP contribution in [0, 0.1) is 0 Å². The maximum Gasteiger partial charge on any atom is 0.114 e. The summed E-state index contributed by atoms with van der Waals surface area (Å²) in [6, 6.07) is 8.45. The van der Waals surface area contributed by atoms with Crippen LogP contribution in [0.1, 0.15) is 92.7 Å². The lowest BCUT2D eigenvalue weighted by atomic mass is 10.1. The average Bonchev–Trinajstić information content (AvgIpc) is 3.05. The van der Waals surface area contributed by atoms with E-state index in [1.165, 1.54) is 30.0 Å². The molecule has 46 heavy (non-hydrogen) atoms. The Morgan fingerprint density at radius 3 is 1.57 bits per heavy atom. The standard InChI is InChI=1S/C10H12.C7H12O2.C6H10O2.C5H9Cl.C5H10O.C5H10.2CH4/c1-3-9-5-7-10(4-2)8-6-9;1-6(2)7(3)9-5-4-8;1-3-6(2)8-5-4-7;2*1-2-3-4-5-6;1-3-5-4-2;;/h3,5-8H,1,4H2,2H3;8H,1,3-5H2,2H3;3,7H,1-2,4-5H2;4-5H,2-3H2,1H3;2-3,6H,4-5H2,1H3;3H,1,4-5H2,2H3;2*1H4/b;;;5-4-;3-2-;;;. The van der Waals surface area contributed by atoms with Crippen molar-refractivity contribution < 1.29 is 24.8 Å². The molecule has 0 heterocycles. The highest BCUT2D eigenvalue weighted by Crippen LogP contribution is 2.05. The van der Waals surface area contributed by atoms with E-state index in [1.54, 1.807) is 12.5 Å². The van der Waals surface area contributed by atoms with Gasteiger partial charge in [0.25, 0.3) is 0 Å². The molecule has 0 atom stereocenters. The molecule has 0 spiro atoms. The SMILES string of the molecule is C.C.C/C=C\CCO.C=C(C)C(=C)OCCO.C=CC(=C)OCCO.C=CCCC.C=Cc1ccc(CC)cc1.CCC/C=C\Cl. The maximum atomic E-state index is 8.30. The van der Waals surface area contributed by atoms with Crippen molar-refractivity contribution in [3.05, 3.63) is 128 Å². The molecule has 0 saturated carbocycles. The molecule has 0 amide bonds. The topological polar surface area (TPSA) is 79.2 Å². The monoisotopic (exact) mass is 666 g/mol. The van der Waals surface area contributed by atoms with Crippen molar-refractivity contribution in [2.75, 3.05) is 33.0 Å². The summed E-state index contributed by atoms with van der Waals surface area (Å²) in [6.45, 7) is 32.3. The molecule has 0 bridgehead atoms. The predicted molar refractivity (Wildman–Crippen MR) is 210 cm³/mol. The van der Waals surface area contributed by atoms with Gasteiger partial charge in [0.05, 0.1) is 13.2 Å². The number of rotatable bonds is 16. The largest absolute Gasteiger partial charge is 0.492 e. The van der Waals surface area contributed by atoms with Crippen LogP contribution in [0.15, 0.2) is 117 Å². The number of benzene rings is 1. The Kier molecular flexibility index (Phi) is 69.1. The maximum absolute atomic E-state index is 8.30. The summed E-state index contributed by atoms with van der Waals surface area (Å²) in [5.41, 5.74) is 4.93. The van der Waals surface area contributed by atoms with Crippen molar-refractivity contribution in [2.24, 2.45) is 0 Å². The number of aliphatic hydroxyl groups excluding tert-OH is 3. The third-order valence-electron chi connectivity index (χ3n) is 4.64. The Labute approximate surface area is 290 Å². The van der Waals surface area contributed by atoms with Gasteiger partial charge in [-0.2, -0.15) is 0 Å². The van der Waals surface area contributed by atoms with Crippen LogP contribution in [0.5, 0.6) is 0 Å². The molecule has 0 aliphatic rings. The second kappa shape index (κ2) is 54.4. The predicted octanol–water partition coefficient (Wildman–Crippen LogP) is 11.4. The van der Waals surface area contributed by atoms with Crippen molar-refractivity contribution >= 4 is 17.7 Å². The first-order valence-electron chi connectivity index (χ1n) is 15.0. The van der Waals surface area contributed by atoms with E-state index in [0.29, 0.717) is 24.7 Å². The zero-order chi connectivity index (χ0) is 34.9. The summed E-state index contributed by atoms with van der Waals surface area (Å²) >= 11 is 5.20. The van der Waals surface area contributed by atoms with Gasteiger partial charge in [-0.05, 0) is 62.3 Å². The second-order valence-electron chi connectivity index (χ2n) is 8.63. The van der Waals surface area contributed by atoms with Crippen molar-refractivity contribution in [1.29, 1.82) is 0 Å². The van der Waals surface area contributed by atoms with Crippen molar-refractivity contribution in [3.8, 4) is 0 Å². The Morgan fingerprint density at radius 1 is 0.783 bits per heavy atom. The minimum absolute atomic E-state index is 0. The zero-order valence-electron chi connectivity index (χ0n) is 28.4. The number of hydrogen-bond acceptors (Lipinski definition) is 5. The van der Waals surface area contributed by atoms with Gasteiger partial charge >= 0.3 is 0 Å². The summed E-state index contributed by atoms with van der Waals surface area (Å²) in [6.07, 6.45) is 17.6.